The largest absolute Gasteiger partial charge is 0.492 e. The number of ether oxygens (including phenoxy) is 1. The van der Waals surface area contributed by atoms with Gasteiger partial charge < -0.3 is 15.2 Å². The fraction of sp³-hybridized carbons (Fsp3) is 0.455. The van der Waals surface area contributed by atoms with Crippen molar-refractivity contribution in [2.45, 2.75) is 6.92 Å². The molecule has 0 heterocycles. The number of likely N-dealkylation sites (N-methyl/N-ethyl adjacent to an activating group) is 1. The number of aliphatic hydroxyl groups excluding tert-OH is 1. The Balaban J connectivity index is 0. The highest BCUT2D eigenvalue weighted by atomic mass is 16.5. The quantitative estimate of drug-likeness (QED) is 0.378. The predicted octanol–water partition coefficient (Wildman–Crippen LogP) is 0.924. The predicted molar refractivity (Wildman–Crippen MR) is 59.8 cm³/mol. The van der Waals surface area contributed by atoms with E-state index in [4.69, 9.17) is 9.84 Å². The van der Waals surface area contributed by atoms with Crippen molar-refractivity contribution < 1.29 is 9.84 Å². The van der Waals surface area contributed by atoms with E-state index in [1.165, 1.54) is 0 Å². The molecular formula is C11H19NO2. The first-order valence-corrected chi connectivity index (χ1v) is 4.39. The van der Waals surface area contributed by atoms with Crippen LogP contribution in [-0.2, 0) is 4.74 Å². The van der Waals surface area contributed by atoms with Crippen molar-refractivity contribution in [3.8, 4) is 12.8 Å². The summed E-state index contributed by atoms with van der Waals surface area (Å²) in [7, 11) is 1.88. The summed E-state index contributed by atoms with van der Waals surface area (Å²) in [5.74, 6) is 0.791. The Kier molecular flexibility index (Phi) is 15.6. The van der Waals surface area contributed by atoms with E-state index < -0.39 is 0 Å². The molecule has 0 aliphatic carbocycles. The van der Waals surface area contributed by atoms with Crippen LogP contribution in [0.1, 0.15) is 6.92 Å². The van der Waals surface area contributed by atoms with E-state index in [0.717, 1.165) is 12.3 Å². The second-order valence-corrected chi connectivity index (χ2v) is 2.22. The molecule has 3 nitrogen and oxygen atoms in total. The van der Waals surface area contributed by atoms with Crippen molar-refractivity contribution in [1.29, 1.82) is 0 Å². The molecule has 0 aliphatic heterocycles. The Morgan fingerprint density at radius 3 is 2.57 bits per heavy atom. The molecule has 14 heavy (non-hydrogen) atoms. The Labute approximate surface area is 86.5 Å². The van der Waals surface area contributed by atoms with Crippen molar-refractivity contribution in [1.82, 2.24) is 5.32 Å². The van der Waals surface area contributed by atoms with Gasteiger partial charge in [-0.15, -0.1) is 12.8 Å². The molecule has 0 aromatic carbocycles. The Morgan fingerprint density at radius 1 is 1.50 bits per heavy atom. The summed E-state index contributed by atoms with van der Waals surface area (Å²) >= 11 is 0. The zero-order valence-corrected chi connectivity index (χ0v) is 8.86. The van der Waals surface area contributed by atoms with Gasteiger partial charge in [-0.25, -0.2) is 0 Å². The van der Waals surface area contributed by atoms with Gasteiger partial charge in [0.25, 0.3) is 0 Å². The van der Waals surface area contributed by atoms with Crippen LogP contribution in [0.3, 0.4) is 0 Å². The van der Waals surface area contributed by atoms with Crippen LogP contribution in [0.15, 0.2) is 24.0 Å². The number of allylic oxidation sites excluding steroid dienone is 2. The number of terminal acetylenes is 1. The number of aliphatic hydroxyl groups is 1. The van der Waals surface area contributed by atoms with Crippen molar-refractivity contribution in [3.05, 3.63) is 24.0 Å². The SMILES string of the molecule is C#C.C/C=C(\C=C/CNC)OCCO. The van der Waals surface area contributed by atoms with Crippen LogP contribution in [-0.4, -0.2) is 31.9 Å². The van der Waals surface area contributed by atoms with Gasteiger partial charge in [0.05, 0.1) is 6.61 Å². The highest BCUT2D eigenvalue weighted by molar-refractivity contribution is 5.11. The van der Waals surface area contributed by atoms with Crippen LogP contribution < -0.4 is 5.32 Å². The molecule has 0 aliphatic rings. The van der Waals surface area contributed by atoms with Crippen molar-refractivity contribution in [2.24, 2.45) is 0 Å². The number of hydrogen-bond acceptors (Lipinski definition) is 3. The van der Waals surface area contributed by atoms with E-state index in [0.29, 0.717) is 6.61 Å². The van der Waals surface area contributed by atoms with E-state index in [-0.39, 0.29) is 6.61 Å². The molecule has 0 amide bonds. The third kappa shape index (κ3) is 10.8. The molecule has 3 heteroatoms. The third-order valence-corrected chi connectivity index (χ3v) is 1.25. The first-order valence-electron chi connectivity index (χ1n) is 4.39. The summed E-state index contributed by atoms with van der Waals surface area (Å²) in [6, 6.07) is 0. The molecule has 0 aromatic heterocycles. The van der Waals surface area contributed by atoms with Gasteiger partial charge >= 0.3 is 0 Å². The van der Waals surface area contributed by atoms with Crippen molar-refractivity contribution in [2.75, 3.05) is 26.8 Å². The van der Waals surface area contributed by atoms with Gasteiger partial charge in [0, 0.05) is 6.54 Å². The van der Waals surface area contributed by atoms with Crippen LogP contribution in [0.5, 0.6) is 0 Å². The highest BCUT2D eigenvalue weighted by Crippen LogP contribution is 1.97. The lowest BCUT2D eigenvalue weighted by Crippen LogP contribution is -2.04. The molecule has 80 valence electrons. The summed E-state index contributed by atoms with van der Waals surface area (Å²) in [6.45, 7) is 3.12. The van der Waals surface area contributed by atoms with Gasteiger partial charge in [-0.2, -0.15) is 0 Å². The van der Waals surface area contributed by atoms with Crippen LogP contribution in [0.25, 0.3) is 0 Å². The Morgan fingerprint density at radius 2 is 2.14 bits per heavy atom. The highest BCUT2D eigenvalue weighted by Gasteiger charge is 1.88. The molecular weight excluding hydrogens is 178 g/mol. The fourth-order valence-electron chi connectivity index (χ4n) is 0.684. The summed E-state index contributed by atoms with van der Waals surface area (Å²) in [6.07, 6.45) is 13.7. The molecule has 0 spiro atoms. The summed E-state index contributed by atoms with van der Waals surface area (Å²) in [5.41, 5.74) is 0. The zero-order chi connectivity index (χ0) is 11.2. The van der Waals surface area contributed by atoms with Gasteiger partial charge in [0.2, 0.25) is 0 Å². The van der Waals surface area contributed by atoms with E-state index in [2.05, 4.69) is 18.2 Å². The molecule has 0 atom stereocenters. The number of rotatable bonds is 6. The maximum absolute atomic E-state index is 8.49. The van der Waals surface area contributed by atoms with Gasteiger partial charge in [-0.1, -0.05) is 6.08 Å². The smallest absolute Gasteiger partial charge is 0.114 e. The molecule has 2 N–H and O–H groups in total. The second-order valence-electron chi connectivity index (χ2n) is 2.22. The minimum absolute atomic E-state index is 0.0528. The minimum atomic E-state index is 0.0528. The summed E-state index contributed by atoms with van der Waals surface area (Å²) in [5, 5.41) is 11.5. The maximum atomic E-state index is 8.49. The van der Waals surface area contributed by atoms with Crippen LogP contribution >= 0.6 is 0 Å². The Hall–Kier alpha value is -1.24. The van der Waals surface area contributed by atoms with E-state index in [9.17, 15) is 0 Å². The van der Waals surface area contributed by atoms with Crippen molar-refractivity contribution in [3.63, 3.8) is 0 Å². The second kappa shape index (κ2) is 14.3. The van der Waals surface area contributed by atoms with Gasteiger partial charge in [-0.05, 0) is 26.1 Å². The topological polar surface area (TPSA) is 41.5 Å². The van der Waals surface area contributed by atoms with Crippen molar-refractivity contribution >= 4 is 0 Å². The Bertz CT molecular complexity index is 183. The summed E-state index contributed by atoms with van der Waals surface area (Å²) < 4.78 is 5.18. The lowest BCUT2D eigenvalue weighted by atomic mass is 10.4. The molecule has 0 saturated heterocycles. The first kappa shape index (κ1) is 15.2. The van der Waals surface area contributed by atoms with Crippen LogP contribution in [0.4, 0.5) is 0 Å². The molecule has 0 saturated carbocycles. The van der Waals surface area contributed by atoms with E-state index >= 15 is 0 Å². The molecule has 0 bridgehead atoms. The molecule has 0 unspecified atom stereocenters. The molecule has 0 aromatic rings. The lowest BCUT2D eigenvalue weighted by molar-refractivity contribution is 0.152. The third-order valence-electron chi connectivity index (χ3n) is 1.25. The minimum Gasteiger partial charge on any atom is -0.492 e. The molecule has 0 radical (unpaired) electrons. The average molecular weight is 197 g/mol. The van der Waals surface area contributed by atoms with Gasteiger partial charge in [0.1, 0.15) is 12.4 Å². The fourth-order valence-corrected chi connectivity index (χ4v) is 0.684. The average Bonchev–Trinajstić information content (AvgIpc) is 2.26. The normalized spacial score (nSPS) is 10.8. The van der Waals surface area contributed by atoms with Gasteiger partial charge in [-0.3, -0.25) is 0 Å². The van der Waals surface area contributed by atoms with E-state index in [1.54, 1.807) is 0 Å². The summed E-state index contributed by atoms with van der Waals surface area (Å²) in [4.78, 5) is 0. The van der Waals surface area contributed by atoms with Crippen LogP contribution in [0.2, 0.25) is 0 Å². The van der Waals surface area contributed by atoms with Gasteiger partial charge in [0.15, 0.2) is 0 Å². The van der Waals surface area contributed by atoms with Crippen LogP contribution in [0, 0.1) is 12.8 Å². The first-order chi connectivity index (χ1) is 6.85. The number of nitrogens with one attached hydrogen (secondary N) is 1. The zero-order valence-electron chi connectivity index (χ0n) is 8.86. The van der Waals surface area contributed by atoms with E-state index in [1.807, 2.05) is 32.2 Å². The standard InChI is InChI=1S/C9H17NO2.C2H2/c1-3-9(12-8-7-11)5-4-6-10-2;1-2/h3-5,10-11H,6-8H2,1-2H3;1-2H/b5-4-,9-3+;. The lowest BCUT2D eigenvalue weighted by Gasteiger charge is -2.03. The molecule has 0 rings (SSSR count). The maximum Gasteiger partial charge on any atom is 0.114 e. The monoisotopic (exact) mass is 197 g/mol. The molecule has 0 fully saturated rings. The number of hydrogen-bond donors (Lipinski definition) is 2.